The van der Waals surface area contributed by atoms with Gasteiger partial charge in [-0.05, 0) is 27.2 Å². The summed E-state index contributed by atoms with van der Waals surface area (Å²) in [4.78, 5) is 0. The van der Waals surface area contributed by atoms with Gasteiger partial charge in [0.05, 0.1) is 6.20 Å². The Morgan fingerprint density at radius 1 is 1.50 bits per heavy atom. The maximum atomic E-state index is 4.16. The normalized spacial score (nSPS) is 13.2. The molecule has 0 unspecified atom stereocenters. The van der Waals surface area contributed by atoms with Crippen LogP contribution in [0.2, 0.25) is 0 Å². The van der Waals surface area contributed by atoms with Crippen molar-refractivity contribution in [3.8, 4) is 0 Å². The van der Waals surface area contributed by atoms with Crippen LogP contribution >= 0.6 is 0 Å². The van der Waals surface area contributed by atoms with Crippen LogP contribution in [0.1, 0.15) is 39.7 Å². The van der Waals surface area contributed by atoms with Gasteiger partial charge in [-0.25, -0.2) is 0 Å². The zero-order valence-electron chi connectivity index (χ0n) is 11.0. The maximum absolute atomic E-state index is 4.16. The number of hydrogen-bond donors (Lipinski definition) is 1. The van der Waals surface area contributed by atoms with Gasteiger partial charge in [0.2, 0.25) is 0 Å². The molecule has 0 aliphatic carbocycles. The van der Waals surface area contributed by atoms with E-state index in [-0.39, 0.29) is 5.54 Å². The Morgan fingerprint density at radius 3 is 2.62 bits per heavy atom. The van der Waals surface area contributed by atoms with Gasteiger partial charge in [0, 0.05) is 30.9 Å². The van der Waals surface area contributed by atoms with Crippen LogP contribution < -0.4 is 5.32 Å². The molecule has 1 rings (SSSR count). The summed E-state index contributed by atoms with van der Waals surface area (Å²) in [5, 5.41) is 7.67. The summed E-state index contributed by atoms with van der Waals surface area (Å²) in [6, 6.07) is 0. The number of nitrogens with one attached hydrogen (secondary N) is 1. The molecular formula is C13H23N3. The summed E-state index contributed by atoms with van der Waals surface area (Å²) >= 11 is 0. The van der Waals surface area contributed by atoms with Gasteiger partial charge < -0.3 is 5.32 Å². The minimum absolute atomic E-state index is 0.170. The summed E-state index contributed by atoms with van der Waals surface area (Å²) in [6.45, 7) is 9.68. The summed E-state index contributed by atoms with van der Waals surface area (Å²) in [5.41, 5.74) is 2.75. The lowest BCUT2D eigenvalue weighted by atomic mass is 10.1. The van der Waals surface area contributed by atoms with Gasteiger partial charge in [-0.3, -0.25) is 4.68 Å². The molecule has 1 aromatic rings. The Morgan fingerprint density at radius 2 is 2.19 bits per heavy atom. The van der Waals surface area contributed by atoms with Crippen molar-refractivity contribution in [1.29, 1.82) is 0 Å². The van der Waals surface area contributed by atoms with E-state index in [0.717, 1.165) is 13.0 Å². The highest BCUT2D eigenvalue weighted by molar-refractivity contribution is 5.51. The van der Waals surface area contributed by atoms with Crippen LogP contribution in [0.25, 0.3) is 6.08 Å². The molecule has 1 heterocycles. The Balaban J connectivity index is 2.64. The molecule has 0 amide bonds. The minimum atomic E-state index is 0.170. The molecule has 1 N–H and O–H groups in total. The second kappa shape index (κ2) is 5.30. The van der Waals surface area contributed by atoms with Crippen LogP contribution in [0.5, 0.6) is 0 Å². The van der Waals surface area contributed by atoms with E-state index in [1.165, 1.54) is 11.1 Å². The first-order valence-electron chi connectivity index (χ1n) is 5.84. The monoisotopic (exact) mass is 221 g/mol. The van der Waals surface area contributed by atoms with Crippen LogP contribution in [-0.4, -0.2) is 21.9 Å². The zero-order chi connectivity index (χ0) is 12.2. The third kappa shape index (κ3) is 4.62. The molecule has 0 bridgehead atoms. The van der Waals surface area contributed by atoms with Crippen molar-refractivity contribution < 1.29 is 0 Å². The van der Waals surface area contributed by atoms with E-state index < -0.39 is 0 Å². The molecule has 0 aromatic carbocycles. The van der Waals surface area contributed by atoms with Crippen LogP contribution in [0.4, 0.5) is 0 Å². The van der Waals surface area contributed by atoms with Gasteiger partial charge in [-0.1, -0.05) is 18.6 Å². The van der Waals surface area contributed by atoms with Gasteiger partial charge in [-0.2, -0.15) is 5.10 Å². The molecule has 0 radical (unpaired) electrons. The smallest absolute Gasteiger partial charge is 0.0562 e. The van der Waals surface area contributed by atoms with E-state index in [1.807, 2.05) is 24.1 Å². The van der Waals surface area contributed by atoms with Gasteiger partial charge in [0.25, 0.3) is 0 Å². The lowest BCUT2D eigenvalue weighted by Crippen LogP contribution is -2.36. The molecule has 0 aliphatic heterocycles. The number of rotatable bonds is 4. The number of aromatic nitrogens is 2. The average molecular weight is 221 g/mol. The van der Waals surface area contributed by atoms with Crippen molar-refractivity contribution in [3.63, 3.8) is 0 Å². The lowest BCUT2D eigenvalue weighted by molar-refractivity contribution is 0.443. The zero-order valence-corrected chi connectivity index (χ0v) is 11.0. The quantitative estimate of drug-likeness (QED) is 0.847. The predicted octanol–water partition coefficient (Wildman–Crippen LogP) is 2.60. The second-order valence-electron chi connectivity index (χ2n) is 5.21. The number of hydrogen-bond acceptors (Lipinski definition) is 2. The Labute approximate surface area is 98.5 Å². The molecule has 90 valence electrons. The van der Waals surface area contributed by atoms with E-state index in [9.17, 15) is 0 Å². The molecule has 0 saturated heterocycles. The van der Waals surface area contributed by atoms with Crippen molar-refractivity contribution in [3.05, 3.63) is 23.5 Å². The molecule has 3 nitrogen and oxygen atoms in total. The van der Waals surface area contributed by atoms with Gasteiger partial charge >= 0.3 is 0 Å². The summed E-state index contributed by atoms with van der Waals surface area (Å²) in [6.07, 6.45) is 7.21. The molecule has 0 aliphatic rings. The minimum Gasteiger partial charge on any atom is -0.308 e. The van der Waals surface area contributed by atoms with Crippen LogP contribution in [-0.2, 0) is 7.05 Å². The van der Waals surface area contributed by atoms with E-state index in [4.69, 9.17) is 0 Å². The third-order valence-corrected chi connectivity index (χ3v) is 2.40. The third-order valence-electron chi connectivity index (χ3n) is 2.40. The largest absolute Gasteiger partial charge is 0.308 e. The van der Waals surface area contributed by atoms with Gasteiger partial charge in [0.1, 0.15) is 0 Å². The van der Waals surface area contributed by atoms with E-state index >= 15 is 0 Å². The van der Waals surface area contributed by atoms with Crippen LogP contribution in [0.15, 0.2) is 18.0 Å². The standard InChI is InChI=1S/C13H23N3/c1-6-11(8-14-13(2,3)4)7-12-9-15-16(5)10-12/h7,9-10,14H,6,8H2,1-5H3. The molecule has 0 fully saturated rings. The first-order valence-corrected chi connectivity index (χ1v) is 5.84. The van der Waals surface area contributed by atoms with Gasteiger partial charge in [0.15, 0.2) is 0 Å². The summed E-state index contributed by atoms with van der Waals surface area (Å²) in [5.74, 6) is 0. The Hall–Kier alpha value is -1.09. The predicted molar refractivity (Wildman–Crippen MR) is 69.2 cm³/mol. The van der Waals surface area contributed by atoms with Crippen molar-refractivity contribution >= 4 is 6.08 Å². The Kier molecular flexibility index (Phi) is 4.30. The molecular weight excluding hydrogens is 198 g/mol. The van der Waals surface area contributed by atoms with E-state index in [2.05, 4.69) is 44.2 Å². The molecule has 3 heteroatoms. The van der Waals surface area contributed by atoms with Crippen molar-refractivity contribution in [1.82, 2.24) is 15.1 Å². The number of nitrogens with zero attached hydrogens (tertiary/aromatic N) is 2. The lowest BCUT2D eigenvalue weighted by Gasteiger charge is -2.21. The molecule has 0 atom stereocenters. The first kappa shape index (κ1) is 13.0. The summed E-state index contributed by atoms with van der Waals surface area (Å²) in [7, 11) is 1.94. The highest BCUT2D eigenvalue weighted by Crippen LogP contribution is 2.09. The van der Waals surface area contributed by atoms with Crippen molar-refractivity contribution in [2.75, 3.05) is 6.54 Å². The van der Waals surface area contributed by atoms with Gasteiger partial charge in [-0.15, -0.1) is 0 Å². The van der Waals surface area contributed by atoms with Crippen LogP contribution in [0.3, 0.4) is 0 Å². The molecule has 0 spiro atoms. The molecule has 1 aromatic heterocycles. The fourth-order valence-corrected chi connectivity index (χ4v) is 1.41. The maximum Gasteiger partial charge on any atom is 0.0562 e. The highest BCUT2D eigenvalue weighted by Gasteiger charge is 2.08. The average Bonchev–Trinajstić information content (AvgIpc) is 2.57. The fourth-order valence-electron chi connectivity index (χ4n) is 1.41. The second-order valence-corrected chi connectivity index (χ2v) is 5.21. The summed E-state index contributed by atoms with van der Waals surface area (Å²) < 4.78 is 1.83. The van der Waals surface area contributed by atoms with Crippen molar-refractivity contribution in [2.45, 2.75) is 39.7 Å². The molecule has 0 saturated carbocycles. The highest BCUT2D eigenvalue weighted by atomic mass is 15.2. The fraction of sp³-hybridized carbons (Fsp3) is 0.615. The number of aryl methyl sites for hydroxylation is 1. The van der Waals surface area contributed by atoms with Crippen LogP contribution in [0, 0.1) is 0 Å². The first-order chi connectivity index (χ1) is 7.40. The van der Waals surface area contributed by atoms with E-state index in [1.54, 1.807) is 0 Å². The molecule has 16 heavy (non-hydrogen) atoms. The van der Waals surface area contributed by atoms with Crippen molar-refractivity contribution in [2.24, 2.45) is 7.05 Å². The Bertz CT molecular complexity index is 355. The SMILES string of the molecule is CCC(=Cc1cnn(C)c1)CNC(C)(C)C. The topological polar surface area (TPSA) is 29.9 Å². The van der Waals surface area contributed by atoms with E-state index in [0.29, 0.717) is 0 Å².